The Bertz CT molecular complexity index is 444. The van der Waals surface area contributed by atoms with Crippen LogP contribution >= 0.6 is 11.6 Å². The fourth-order valence-electron chi connectivity index (χ4n) is 2.85. The second kappa shape index (κ2) is 6.44. The minimum absolute atomic E-state index is 0.0425. The molecule has 1 aromatic heterocycles. The zero-order chi connectivity index (χ0) is 13.8. The summed E-state index contributed by atoms with van der Waals surface area (Å²) < 4.78 is 1.87. The largest absolute Gasteiger partial charge is 0.348 e. The SMILES string of the molecule is CCn1cc(Cl)cc1C(=O)NC1CCCCC1CN. The fraction of sp³-hybridized carbons (Fsp3) is 0.643. The highest BCUT2D eigenvalue weighted by Crippen LogP contribution is 2.24. The Morgan fingerprint density at radius 2 is 2.26 bits per heavy atom. The highest BCUT2D eigenvalue weighted by atomic mass is 35.5. The maximum absolute atomic E-state index is 12.3. The van der Waals surface area contributed by atoms with Gasteiger partial charge in [0.1, 0.15) is 5.69 Å². The van der Waals surface area contributed by atoms with Crippen molar-refractivity contribution in [2.75, 3.05) is 6.54 Å². The summed E-state index contributed by atoms with van der Waals surface area (Å²) >= 11 is 5.97. The third-order valence-electron chi connectivity index (χ3n) is 3.96. The van der Waals surface area contributed by atoms with Gasteiger partial charge in [0.25, 0.3) is 5.91 Å². The average molecular weight is 284 g/mol. The minimum Gasteiger partial charge on any atom is -0.348 e. The molecule has 0 saturated heterocycles. The second-order valence-electron chi connectivity index (χ2n) is 5.19. The Hall–Kier alpha value is -1.00. The van der Waals surface area contributed by atoms with E-state index >= 15 is 0 Å². The van der Waals surface area contributed by atoms with E-state index in [1.165, 1.54) is 6.42 Å². The molecule has 0 radical (unpaired) electrons. The molecule has 4 nitrogen and oxygen atoms in total. The van der Waals surface area contributed by atoms with Gasteiger partial charge >= 0.3 is 0 Å². The lowest BCUT2D eigenvalue weighted by atomic mass is 9.84. The number of carbonyl (C=O) groups is 1. The normalized spacial score (nSPS) is 23.3. The summed E-state index contributed by atoms with van der Waals surface area (Å²) in [5.74, 6) is 0.359. The number of aryl methyl sites for hydroxylation is 1. The lowest BCUT2D eigenvalue weighted by molar-refractivity contribution is 0.0898. The highest BCUT2D eigenvalue weighted by molar-refractivity contribution is 6.31. The summed E-state index contributed by atoms with van der Waals surface area (Å²) in [5.41, 5.74) is 6.42. The number of nitrogens with one attached hydrogen (secondary N) is 1. The van der Waals surface area contributed by atoms with Gasteiger partial charge in [-0.1, -0.05) is 24.4 Å². The molecule has 2 rings (SSSR count). The molecule has 1 saturated carbocycles. The molecular weight excluding hydrogens is 262 g/mol. The number of amides is 1. The molecule has 1 aromatic rings. The first-order valence-corrected chi connectivity index (χ1v) is 7.40. The van der Waals surface area contributed by atoms with E-state index in [-0.39, 0.29) is 11.9 Å². The molecule has 0 aromatic carbocycles. The van der Waals surface area contributed by atoms with Crippen molar-refractivity contribution < 1.29 is 4.79 Å². The van der Waals surface area contributed by atoms with Gasteiger partial charge in [-0.15, -0.1) is 0 Å². The zero-order valence-corrected chi connectivity index (χ0v) is 12.1. The topological polar surface area (TPSA) is 60.0 Å². The van der Waals surface area contributed by atoms with Crippen molar-refractivity contribution in [3.63, 3.8) is 0 Å². The molecular formula is C14H22ClN3O. The maximum atomic E-state index is 12.3. The van der Waals surface area contributed by atoms with Crippen LogP contribution < -0.4 is 11.1 Å². The first kappa shape index (κ1) is 14.4. The number of aromatic nitrogens is 1. The van der Waals surface area contributed by atoms with Gasteiger partial charge in [-0.05, 0) is 38.3 Å². The van der Waals surface area contributed by atoms with Crippen LogP contribution in [0.25, 0.3) is 0 Å². The number of nitrogens with zero attached hydrogens (tertiary/aromatic N) is 1. The van der Waals surface area contributed by atoms with Gasteiger partial charge in [0, 0.05) is 18.8 Å². The van der Waals surface area contributed by atoms with Crippen LogP contribution in [0.3, 0.4) is 0 Å². The fourth-order valence-corrected chi connectivity index (χ4v) is 3.07. The Morgan fingerprint density at radius 3 is 2.95 bits per heavy atom. The summed E-state index contributed by atoms with van der Waals surface area (Å²) in [5, 5.41) is 3.73. The van der Waals surface area contributed by atoms with Gasteiger partial charge < -0.3 is 15.6 Å². The van der Waals surface area contributed by atoms with E-state index in [1.54, 1.807) is 12.3 Å². The van der Waals surface area contributed by atoms with Gasteiger partial charge in [0.2, 0.25) is 0 Å². The molecule has 0 spiro atoms. The molecule has 1 amide bonds. The first-order chi connectivity index (χ1) is 9.15. The molecule has 19 heavy (non-hydrogen) atoms. The minimum atomic E-state index is -0.0425. The first-order valence-electron chi connectivity index (χ1n) is 7.02. The number of hydrogen-bond donors (Lipinski definition) is 2. The molecule has 0 aliphatic heterocycles. The predicted octanol–water partition coefficient (Wildman–Crippen LogP) is 2.41. The molecule has 3 N–H and O–H groups in total. The number of nitrogens with two attached hydrogens (primary N) is 1. The summed E-state index contributed by atoms with van der Waals surface area (Å²) in [4.78, 5) is 12.3. The third-order valence-corrected chi connectivity index (χ3v) is 4.17. The number of hydrogen-bond acceptors (Lipinski definition) is 2. The quantitative estimate of drug-likeness (QED) is 0.891. The van der Waals surface area contributed by atoms with Gasteiger partial charge in [-0.3, -0.25) is 4.79 Å². The van der Waals surface area contributed by atoms with Crippen molar-refractivity contribution in [2.24, 2.45) is 11.7 Å². The standard InChI is InChI=1S/C14H22ClN3O/c1-2-18-9-11(15)7-13(18)14(19)17-12-6-4-3-5-10(12)8-16/h7,9-10,12H,2-6,8,16H2,1H3,(H,17,19). The molecule has 5 heteroatoms. The molecule has 0 bridgehead atoms. The molecule has 2 atom stereocenters. The van der Waals surface area contributed by atoms with E-state index in [9.17, 15) is 4.79 Å². The van der Waals surface area contributed by atoms with E-state index in [4.69, 9.17) is 17.3 Å². The van der Waals surface area contributed by atoms with Gasteiger partial charge in [-0.2, -0.15) is 0 Å². The van der Waals surface area contributed by atoms with E-state index in [0.717, 1.165) is 25.8 Å². The Kier molecular flexibility index (Phi) is 4.88. The Balaban J connectivity index is 2.07. The van der Waals surface area contributed by atoms with Gasteiger partial charge in [0.15, 0.2) is 0 Å². The predicted molar refractivity (Wildman–Crippen MR) is 77.4 cm³/mol. The number of carbonyl (C=O) groups excluding carboxylic acids is 1. The summed E-state index contributed by atoms with van der Waals surface area (Å²) in [6.45, 7) is 3.37. The van der Waals surface area contributed by atoms with Crippen LogP contribution in [0.5, 0.6) is 0 Å². The van der Waals surface area contributed by atoms with E-state index in [0.29, 0.717) is 23.2 Å². The smallest absolute Gasteiger partial charge is 0.268 e. The van der Waals surface area contributed by atoms with Crippen LogP contribution in [0, 0.1) is 5.92 Å². The molecule has 106 valence electrons. The molecule has 2 unspecified atom stereocenters. The van der Waals surface area contributed by atoms with Crippen molar-refractivity contribution in [3.8, 4) is 0 Å². The lowest BCUT2D eigenvalue weighted by Gasteiger charge is -2.31. The Morgan fingerprint density at radius 1 is 1.53 bits per heavy atom. The van der Waals surface area contributed by atoms with Crippen LogP contribution in [0.15, 0.2) is 12.3 Å². The molecule has 1 heterocycles. The molecule has 1 aliphatic carbocycles. The van der Waals surface area contributed by atoms with Crippen molar-refractivity contribution in [1.29, 1.82) is 0 Å². The van der Waals surface area contributed by atoms with E-state index in [1.807, 2.05) is 11.5 Å². The number of rotatable bonds is 4. The van der Waals surface area contributed by atoms with Crippen LogP contribution in [0.4, 0.5) is 0 Å². The lowest BCUT2D eigenvalue weighted by Crippen LogP contribution is -2.45. The van der Waals surface area contributed by atoms with Crippen LogP contribution in [0.1, 0.15) is 43.1 Å². The zero-order valence-electron chi connectivity index (χ0n) is 11.4. The van der Waals surface area contributed by atoms with Crippen molar-refractivity contribution in [3.05, 3.63) is 23.0 Å². The molecule has 1 fully saturated rings. The van der Waals surface area contributed by atoms with Crippen molar-refractivity contribution >= 4 is 17.5 Å². The maximum Gasteiger partial charge on any atom is 0.268 e. The van der Waals surface area contributed by atoms with E-state index in [2.05, 4.69) is 5.32 Å². The van der Waals surface area contributed by atoms with Crippen molar-refractivity contribution in [1.82, 2.24) is 9.88 Å². The molecule has 1 aliphatic rings. The average Bonchev–Trinajstić information content (AvgIpc) is 2.80. The van der Waals surface area contributed by atoms with E-state index < -0.39 is 0 Å². The van der Waals surface area contributed by atoms with Gasteiger partial charge in [-0.25, -0.2) is 0 Å². The van der Waals surface area contributed by atoms with Crippen LogP contribution in [0.2, 0.25) is 5.02 Å². The second-order valence-corrected chi connectivity index (χ2v) is 5.63. The van der Waals surface area contributed by atoms with Crippen LogP contribution in [-0.4, -0.2) is 23.1 Å². The van der Waals surface area contributed by atoms with Gasteiger partial charge in [0.05, 0.1) is 5.02 Å². The summed E-state index contributed by atoms with van der Waals surface area (Å²) in [6, 6.07) is 1.92. The summed E-state index contributed by atoms with van der Waals surface area (Å²) in [7, 11) is 0. The Labute approximate surface area is 119 Å². The third kappa shape index (κ3) is 3.31. The monoisotopic (exact) mass is 283 g/mol. The number of halogens is 1. The summed E-state index contributed by atoms with van der Waals surface area (Å²) in [6.07, 6.45) is 6.30. The van der Waals surface area contributed by atoms with Crippen molar-refractivity contribution in [2.45, 2.75) is 45.2 Å². The highest BCUT2D eigenvalue weighted by Gasteiger charge is 2.26. The van der Waals surface area contributed by atoms with Crippen LogP contribution in [-0.2, 0) is 6.54 Å².